The predicted molar refractivity (Wildman–Crippen MR) is 137 cm³/mol. The fraction of sp³-hybridized carbons (Fsp3) is 0.346. The lowest BCUT2D eigenvalue weighted by atomic mass is 9.90. The second-order valence-electron chi connectivity index (χ2n) is 9.87. The van der Waals surface area contributed by atoms with Gasteiger partial charge in [-0.05, 0) is 75.5 Å². The summed E-state index contributed by atoms with van der Waals surface area (Å²) < 4.78 is 14.7. The van der Waals surface area contributed by atoms with E-state index in [-0.39, 0.29) is 22.2 Å². The summed E-state index contributed by atoms with van der Waals surface area (Å²) in [5, 5.41) is 4.05. The molecule has 1 amide bonds. The van der Waals surface area contributed by atoms with E-state index in [9.17, 15) is 9.18 Å². The third-order valence-corrected chi connectivity index (χ3v) is 8.76. The standard InChI is InChI=1S/C26H25ClFN5OS/c1-25(2)33(21-19(27)5-4-6-20(21)28)23(34)17-14-29-24(31-22(17)35-25)30-16-7-8-18-15(13-16)9-12-32(3)26(18)10-11-26/h4-8,13-14H,9-12H2,1-3H3,(H,29,30,31). The van der Waals surface area contributed by atoms with Gasteiger partial charge in [-0.3, -0.25) is 14.6 Å². The number of likely N-dealkylation sites (N-methyl/N-ethyl adjacent to an activating group) is 1. The number of rotatable bonds is 3. The van der Waals surface area contributed by atoms with Crippen molar-refractivity contribution in [2.75, 3.05) is 23.8 Å². The topological polar surface area (TPSA) is 61.4 Å². The van der Waals surface area contributed by atoms with E-state index in [1.807, 2.05) is 13.8 Å². The molecular weight excluding hydrogens is 485 g/mol. The molecule has 2 aliphatic heterocycles. The van der Waals surface area contributed by atoms with E-state index in [1.165, 1.54) is 59.0 Å². The fourth-order valence-corrected chi connectivity index (χ4v) is 6.68. The van der Waals surface area contributed by atoms with Crippen LogP contribution in [0.1, 0.15) is 48.2 Å². The van der Waals surface area contributed by atoms with Gasteiger partial charge in [-0.15, -0.1) is 0 Å². The Bertz CT molecular complexity index is 1360. The molecule has 3 aliphatic rings. The number of para-hydroxylation sites is 1. The van der Waals surface area contributed by atoms with Crippen LogP contribution >= 0.6 is 23.4 Å². The minimum atomic E-state index is -0.808. The van der Waals surface area contributed by atoms with Gasteiger partial charge in [0.05, 0.1) is 21.1 Å². The van der Waals surface area contributed by atoms with Gasteiger partial charge in [0.25, 0.3) is 5.91 Å². The van der Waals surface area contributed by atoms with Crippen LogP contribution in [0.2, 0.25) is 5.02 Å². The van der Waals surface area contributed by atoms with Crippen molar-refractivity contribution in [2.45, 2.75) is 48.5 Å². The van der Waals surface area contributed by atoms with E-state index in [0.29, 0.717) is 16.5 Å². The molecule has 1 aromatic heterocycles. The van der Waals surface area contributed by atoms with Crippen LogP contribution in [0.4, 0.5) is 21.7 Å². The molecule has 6 rings (SSSR count). The molecule has 1 spiro atoms. The zero-order chi connectivity index (χ0) is 24.5. The number of benzene rings is 2. The van der Waals surface area contributed by atoms with Crippen molar-refractivity contribution in [3.8, 4) is 0 Å². The summed E-state index contributed by atoms with van der Waals surface area (Å²) in [7, 11) is 2.21. The minimum Gasteiger partial charge on any atom is -0.324 e. The van der Waals surface area contributed by atoms with Gasteiger partial charge in [0, 0.05) is 24.0 Å². The smallest absolute Gasteiger partial charge is 0.263 e. The van der Waals surface area contributed by atoms with Crippen molar-refractivity contribution in [1.82, 2.24) is 14.9 Å². The van der Waals surface area contributed by atoms with Gasteiger partial charge < -0.3 is 5.32 Å². The van der Waals surface area contributed by atoms with Gasteiger partial charge in [-0.1, -0.05) is 35.5 Å². The molecule has 9 heteroatoms. The number of nitrogens with one attached hydrogen (secondary N) is 1. The van der Waals surface area contributed by atoms with Gasteiger partial charge in [-0.2, -0.15) is 0 Å². The lowest BCUT2D eigenvalue weighted by Gasteiger charge is -2.41. The molecule has 1 N–H and O–H groups in total. The number of hydrogen-bond acceptors (Lipinski definition) is 6. The van der Waals surface area contributed by atoms with Crippen molar-refractivity contribution in [3.05, 3.63) is 70.1 Å². The van der Waals surface area contributed by atoms with Crippen LogP contribution in [0.3, 0.4) is 0 Å². The van der Waals surface area contributed by atoms with E-state index in [1.54, 1.807) is 6.07 Å². The molecular formula is C26H25ClFN5OS. The summed E-state index contributed by atoms with van der Waals surface area (Å²) in [5.41, 5.74) is 4.34. The number of carbonyl (C=O) groups excluding carboxylic acids is 1. The zero-order valence-electron chi connectivity index (χ0n) is 19.7. The van der Waals surface area contributed by atoms with Gasteiger partial charge in [0.2, 0.25) is 5.95 Å². The maximum atomic E-state index is 14.7. The third kappa shape index (κ3) is 3.61. The lowest BCUT2D eigenvalue weighted by Crippen LogP contribution is -2.49. The number of hydrogen-bond donors (Lipinski definition) is 1. The van der Waals surface area contributed by atoms with Crippen LogP contribution in [-0.4, -0.2) is 39.2 Å². The average Bonchev–Trinajstić information content (AvgIpc) is 3.59. The lowest BCUT2D eigenvalue weighted by molar-refractivity contribution is 0.0968. The quantitative estimate of drug-likeness (QED) is 0.438. The maximum Gasteiger partial charge on any atom is 0.263 e. The molecule has 3 heterocycles. The summed E-state index contributed by atoms with van der Waals surface area (Å²) in [4.78, 5) is 25.6. The zero-order valence-corrected chi connectivity index (χ0v) is 21.3. The van der Waals surface area contributed by atoms with E-state index in [2.05, 4.69) is 45.4 Å². The summed E-state index contributed by atoms with van der Waals surface area (Å²) in [6.45, 7) is 4.76. The third-order valence-electron chi connectivity index (χ3n) is 7.27. The second kappa shape index (κ2) is 7.91. The Morgan fingerprint density at radius 2 is 2.00 bits per heavy atom. The first kappa shape index (κ1) is 22.8. The van der Waals surface area contributed by atoms with E-state index >= 15 is 0 Å². The normalized spacial score (nSPS) is 19.9. The summed E-state index contributed by atoms with van der Waals surface area (Å²) >= 11 is 7.67. The number of aromatic nitrogens is 2. The maximum absolute atomic E-state index is 14.7. The molecule has 0 atom stereocenters. The number of amides is 1. The number of thioether (sulfide) groups is 1. The van der Waals surface area contributed by atoms with Crippen LogP contribution in [0, 0.1) is 5.82 Å². The highest BCUT2D eigenvalue weighted by Gasteiger charge is 2.50. The highest BCUT2D eigenvalue weighted by atomic mass is 35.5. The average molecular weight is 510 g/mol. The van der Waals surface area contributed by atoms with Gasteiger partial charge in [-0.25, -0.2) is 14.4 Å². The number of halogens is 2. The van der Waals surface area contributed by atoms with Crippen LogP contribution < -0.4 is 10.2 Å². The highest BCUT2D eigenvalue weighted by Crippen LogP contribution is 2.53. The number of fused-ring (bicyclic) bond motifs is 3. The van der Waals surface area contributed by atoms with E-state index < -0.39 is 10.7 Å². The molecule has 6 nitrogen and oxygen atoms in total. The Kier molecular flexibility index (Phi) is 5.15. The molecule has 0 radical (unpaired) electrons. The number of anilines is 3. The van der Waals surface area contributed by atoms with Crippen LogP contribution in [0.25, 0.3) is 0 Å². The second-order valence-corrected chi connectivity index (χ2v) is 11.9. The Hall–Kier alpha value is -2.68. The van der Waals surface area contributed by atoms with E-state index in [0.717, 1.165) is 18.7 Å². The Labute approximate surface area is 212 Å². The summed E-state index contributed by atoms with van der Waals surface area (Å²) in [5.74, 6) is -0.505. The minimum absolute atomic E-state index is 0.0673. The SMILES string of the molecule is CN1CCc2cc(Nc3ncc4c(n3)SC(C)(C)N(c3c(F)cccc3Cl)C4=O)ccc2C12CC2. The molecule has 0 saturated heterocycles. The monoisotopic (exact) mass is 509 g/mol. The van der Waals surface area contributed by atoms with Crippen LogP contribution in [-0.2, 0) is 12.0 Å². The molecule has 3 aromatic rings. The number of nitrogens with zero attached hydrogens (tertiary/aromatic N) is 4. The first-order valence-electron chi connectivity index (χ1n) is 11.7. The van der Waals surface area contributed by atoms with Gasteiger partial charge in [0.15, 0.2) is 0 Å². The summed E-state index contributed by atoms with van der Waals surface area (Å²) in [6, 6.07) is 10.9. The first-order valence-corrected chi connectivity index (χ1v) is 12.9. The van der Waals surface area contributed by atoms with Crippen LogP contribution in [0.5, 0.6) is 0 Å². The molecule has 0 unspecified atom stereocenters. The van der Waals surface area contributed by atoms with Gasteiger partial charge in [0.1, 0.15) is 10.8 Å². The molecule has 35 heavy (non-hydrogen) atoms. The predicted octanol–water partition coefficient (Wildman–Crippen LogP) is 5.98. The molecule has 1 aliphatic carbocycles. The van der Waals surface area contributed by atoms with Gasteiger partial charge >= 0.3 is 0 Å². The Balaban J connectivity index is 1.30. The molecule has 2 aromatic carbocycles. The van der Waals surface area contributed by atoms with E-state index in [4.69, 9.17) is 11.6 Å². The van der Waals surface area contributed by atoms with Crippen molar-refractivity contribution in [2.24, 2.45) is 0 Å². The van der Waals surface area contributed by atoms with Crippen molar-refractivity contribution in [1.29, 1.82) is 0 Å². The Morgan fingerprint density at radius 1 is 1.20 bits per heavy atom. The first-order chi connectivity index (χ1) is 16.7. The van der Waals surface area contributed by atoms with Crippen LogP contribution in [0.15, 0.2) is 47.6 Å². The highest BCUT2D eigenvalue weighted by molar-refractivity contribution is 8.00. The molecule has 1 saturated carbocycles. The largest absolute Gasteiger partial charge is 0.324 e. The van der Waals surface area contributed by atoms with Crippen molar-refractivity contribution >= 4 is 46.6 Å². The summed E-state index contributed by atoms with van der Waals surface area (Å²) in [6.07, 6.45) is 4.95. The van der Waals surface area contributed by atoms with Crippen molar-refractivity contribution < 1.29 is 9.18 Å². The number of carbonyl (C=O) groups is 1. The van der Waals surface area contributed by atoms with Crippen molar-refractivity contribution in [3.63, 3.8) is 0 Å². The molecule has 0 bridgehead atoms. The Morgan fingerprint density at radius 3 is 2.74 bits per heavy atom. The molecule has 180 valence electrons. The molecule has 1 fully saturated rings. The fourth-order valence-electron chi connectivity index (χ4n) is 5.31.